The van der Waals surface area contributed by atoms with Gasteiger partial charge in [0.2, 0.25) is 0 Å². The maximum absolute atomic E-state index is 2.60. The van der Waals surface area contributed by atoms with Gasteiger partial charge in [0.1, 0.15) is 0 Å². The topological polar surface area (TPSA) is 3.24 Å². The molecule has 1 aliphatic heterocycles. The highest BCUT2D eigenvalue weighted by molar-refractivity contribution is 5.40. The van der Waals surface area contributed by atoms with Gasteiger partial charge < -0.3 is 0 Å². The van der Waals surface area contributed by atoms with Crippen molar-refractivity contribution in [3.63, 3.8) is 0 Å². The zero-order valence-corrected chi connectivity index (χ0v) is 16.8. The van der Waals surface area contributed by atoms with Gasteiger partial charge in [-0.05, 0) is 49.3 Å². The van der Waals surface area contributed by atoms with Gasteiger partial charge in [-0.15, -0.1) is 0 Å². The molecule has 1 aromatic carbocycles. The summed E-state index contributed by atoms with van der Waals surface area (Å²) < 4.78 is 0. The first kappa shape index (κ1) is 21.2. The van der Waals surface area contributed by atoms with E-state index >= 15 is 0 Å². The zero-order chi connectivity index (χ0) is 17.6. The Morgan fingerprint density at radius 3 is 1.86 bits per heavy atom. The second-order valence-corrected chi connectivity index (χ2v) is 7.54. The van der Waals surface area contributed by atoms with Gasteiger partial charge in [-0.3, -0.25) is 4.90 Å². The van der Waals surface area contributed by atoms with Gasteiger partial charge >= 0.3 is 0 Å². The number of benzene rings is 1. The predicted octanol–water partition coefficient (Wildman–Crippen LogP) is 6.19. The second-order valence-electron chi connectivity index (χ2n) is 7.54. The second kappa shape index (κ2) is 8.72. The first-order valence-corrected chi connectivity index (χ1v) is 9.06. The maximum atomic E-state index is 2.60. The first-order valence-electron chi connectivity index (χ1n) is 9.06. The van der Waals surface area contributed by atoms with E-state index in [0.29, 0.717) is 0 Å². The molecule has 0 aliphatic carbocycles. The summed E-state index contributed by atoms with van der Waals surface area (Å²) in [5.74, 6) is 0. The monoisotopic (exact) mass is 305 g/mol. The summed E-state index contributed by atoms with van der Waals surface area (Å²) in [6, 6.07) is 6.85. The van der Waals surface area contributed by atoms with Crippen LogP contribution in [0.5, 0.6) is 0 Å². The van der Waals surface area contributed by atoms with Crippen molar-refractivity contribution < 1.29 is 0 Å². The lowest BCUT2D eigenvalue weighted by Crippen LogP contribution is -2.44. The largest absolute Gasteiger partial charge is 0.294 e. The van der Waals surface area contributed by atoms with Crippen molar-refractivity contribution in [1.82, 2.24) is 4.90 Å². The quantitative estimate of drug-likeness (QED) is 0.552. The van der Waals surface area contributed by atoms with Crippen LogP contribution in [-0.4, -0.2) is 17.0 Å². The highest BCUT2D eigenvalue weighted by atomic mass is 15.2. The van der Waals surface area contributed by atoms with E-state index < -0.39 is 0 Å². The van der Waals surface area contributed by atoms with E-state index in [1.54, 1.807) is 11.1 Å². The number of rotatable bonds is 0. The maximum Gasteiger partial charge on any atom is 0.0244 e. The smallest absolute Gasteiger partial charge is 0.0244 e. The molecule has 0 saturated carbocycles. The van der Waals surface area contributed by atoms with Crippen LogP contribution < -0.4 is 0 Å². The van der Waals surface area contributed by atoms with E-state index in [2.05, 4.69) is 64.6 Å². The Morgan fingerprint density at radius 1 is 0.864 bits per heavy atom. The zero-order valence-electron chi connectivity index (χ0n) is 16.8. The third-order valence-corrected chi connectivity index (χ3v) is 4.03. The van der Waals surface area contributed by atoms with E-state index in [1.807, 2.05) is 27.7 Å². The van der Waals surface area contributed by atoms with E-state index in [0.717, 1.165) is 6.54 Å². The van der Waals surface area contributed by atoms with Crippen LogP contribution in [-0.2, 0) is 18.4 Å². The van der Waals surface area contributed by atoms with E-state index in [-0.39, 0.29) is 11.0 Å². The van der Waals surface area contributed by atoms with Crippen LogP contribution in [0.3, 0.4) is 0 Å². The average molecular weight is 306 g/mol. The minimum absolute atomic E-state index is 0.242. The molecule has 0 bridgehead atoms. The molecule has 0 spiro atoms. The van der Waals surface area contributed by atoms with E-state index in [9.17, 15) is 0 Å². The van der Waals surface area contributed by atoms with Gasteiger partial charge in [-0.25, -0.2) is 0 Å². The summed E-state index contributed by atoms with van der Waals surface area (Å²) in [6.07, 6.45) is 1.19. The molecule has 0 aromatic heterocycles. The van der Waals surface area contributed by atoms with Crippen molar-refractivity contribution in [3.05, 3.63) is 34.9 Å². The van der Waals surface area contributed by atoms with Crippen molar-refractivity contribution in [1.29, 1.82) is 0 Å². The summed E-state index contributed by atoms with van der Waals surface area (Å²) >= 11 is 0. The Kier molecular flexibility index (Phi) is 8.39. The van der Waals surface area contributed by atoms with Gasteiger partial charge in [0.25, 0.3) is 0 Å². The Balaban J connectivity index is 0.00000102. The molecule has 2 rings (SSSR count). The van der Waals surface area contributed by atoms with Crippen LogP contribution in [0.25, 0.3) is 0 Å². The summed E-state index contributed by atoms with van der Waals surface area (Å²) in [5.41, 5.74) is 5.16. The van der Waals surface area contributed by atoms with Crippen LogP contribution in [0, 0.1) is 0 Å². The van der Waals surface area contributed by atoms with Gasteiger partial charge in [0, 0.05) is 18.6 Å². The lowest BCUT2D eigenvalue weighted by molar-refractivity contribution is 0.120. The Bertz CT molecular complexity index is 432. The minimum Gasteiger partial charge on any atom is -0.294 e. The van der Waals surface area contributed by atoms with Crippen molar-refractivity contribution >= 4 is 0 Å². The number of hydrogen-bond acceptors (Lipinski definition) is 1. The molecule has 1 heteroatoms. The molecule has 0 radical (unpaired) electrons. The first-order chi connectivity index (χ1) is 10.2. The molecule has 1 aromatic rings. The van der Waals surface area contributed by atoms with Gasteiger partial charge in [0.15, 0.2) is 0 Å². The molecule has 0 N–H and O–H groups in total. The molecule has 0 fully saturated rings. The summed E-state index contributed by atoms with van der Waals surface area (Å²) in [6.45, 7) is 24.2. The molecule has 1 aliphatic rings. The minimum atomic E-state index is 0.242. The molecular formula is C21H39N. The van der Waals surface area contributed by atoms with Crippen molar-refractivity contribution in [2.24, 2.45) is 0 Å². The van der Waals surface area contributed by atoms with Gasteiger partial charge in [-0.1, -0.05) is 66.7 Å². The van der Waals surface area contributed by atoms with Crippen LogP contribution in [0.4, 0.5) is 0 Å². The van der Waals surface area contributed by atoms with Crippen LogP contribution in [0.2, 0.25) is 0 Å². The van der Waals surface area contributed by atoms with Crippen LogP contribution in [0.1, 0.15) is 85.9 Å². The molecular weight excluding hydrogens is 266 g/mol. The Labute approximate surface area is 140 Å². The Morgan fingerprint density at radius 2 is 1.41 bits per heavy atom. The summed E-state index contributed by atoms with van der Waals surface area (Å²) in [5, 5.41) is 0. The van der Waals surface area contributed by atoms with Crippen molar-refractivity contribution in [2.45, 2.75) is 93.2 Å². The fourth-order valence-corrected chi connectivity index (χ4v) is 2.86. The molecule has 128 valence electrons. The number of nitrogens with zero attached hydrogens (tertiary/aromatic N) is 1. The highest BCUT2D eigenvalue weighted by Gasteiger charge is 2.29. The highest BCUT2D eigenvalue weighted by Crippen LogP contribution is 2.33. The molecule has 0 unspecified atom stereocenters. The SMILES string of the molecule is CC.CC.CC(C)(C)c1cccc2c1CN(C(C)(C)C)CC2. The lowest BCUT2D eigenvalue weighted by Gasteiger charge is -2.41. The molecule has 1 heterocycles. The van der Waals surface area contributed by atoms with Crippen LogP contribution in [0.15, 0.2) is 18.2 Å². The fraction of sp³-hybridized carbons (Fsp3) is 0.714. The van der Waals surface area contributed by atoms with E-state index in [4.69, 9.17) is 0 Å². The summed E-state index contributed by atoms with van der Waals surface area (Å²) in [7, 11) is 0. The van der Waals surface area contributed by atoms with Crippen molar-refractivity contribution in [2.75, 3.05) is 6.54 Å². The van der Waals surface area contributed by atoms with Crippen molar-refractivity contribution in [3.8, 4) is 0 Å². The number of fused-ring (bicyclic) bond motifs is 1. The third-order valence-electron chi connectivity index (χ3n) is 4.03. The molecule has 0 saturated heterocycles. The van der Waals surface area contributed by atoms with Gasteiger partial charge in [-0.2, -0.15) is 0 Å². The normalized spacial score (nSPS) is 15.0. The Hall–Kier alpha value is -0.820. The molecule has 0 amide bonds. The fourth-order valence-electron chi connectivity index (χ4n) is 2.86. The van der Waals surface area contributed by atoms with E-state index in [1.165, 1.54) is 18.5 Å². The van der Waals surface area contributed by atoms with Gasteiger partial charge in [0.05, 0.1) is 0 Å². The van der Waals surface area contributed by atoms with Crippen LogP contribution >= 0.6 is 0 Å². The molecule has 1 nitrogen and oxygen atoms in total. The molecule has 22 heavy (non-hydrogen) atoms. The average Bonchev–Trinajstić information content (AvgIpc) is 2.48. The predicted molar refractivity (Wildman–Crippen MR) is 102 cm³/mol. The number of hydrogen-bond donors (Lipinski definition) is 0. The molecule has 0 atom stereocenters. The summed E-state index contributed by atoms with van der Waals surface area (Å²) in [4.78, 5) is 2.60. The standard InChI is InChI=1S/C17H27N.2C2H6/c1-16(2,3)15-9-7-8-13-10-11-18(12-14(13)15)17(4,5)6;2*1-2/h7-9H,10-12H2,1-6H3;2*1-2H3. The lowest BCUT2D eigenvalue weighted by atomic mass is 9.80. The third kappa shape index (κ3) is 5.43.